The number of ether oxygens (including phenoxy) is 1. The number of thiophene rings is 1. The Kier molecular flexibility index (Phi) is 8.09. The van der Waals surface area contributed by atoms with Crippen LogP contribution in [0.1, 0.15) is 22.6 Å². The Bertz CT molecular complexity index is 758. The van der Waals surface area contributed by atoms with Crippen LogP contribution >= 0.6 is 11.3 Å². The molecule has 1 atom stereocenters. The number of nitrogens with zero attached hydrogens (tertiary/aromatic N) is 2. The zero-order valence-electron chi connectivity index (χ0n) is 15.9. The number of aromatic nitrogens is 1. The van der Waals surface area contributed by atoms with E-state index in [4.69, 9.17) is 14.6 Å². The van der Waals surface area contributed by atoms with Crippen LogP contribution < -0.4 is 0 Å². The van der Waals surface area contributed by atoms with Crippen molar-refractivity contribution in [2.75, 3.05) is 20.3 Å². The van der Waals surface area contributed by atoms with Crippen LogP contribution in [0.2, 0.25) is 0 Å². The minimum Gasteiger partial charge on any atom is -0.475 e. The van der Waals surface area contributed by atoms with Crippen LogP contribution in [-0.4, -0.2) is 47.0 Å². The molecule has 0 aliphatic carbocycles. The van der Waals surface area contributed by atoms with Gasteiger partial charge in [0.25, 0.3) is 0 Å². The van der Waals surface area contributed by atoms with E-state index < -0.39 is 12.1 Å². The van der Waals surface area contributed by atoms with Gasteiger partial charge in [0.1, 0.15) is 0 Å². The van der Waals surface area contributed by atoms with Gasteiger partial charge in [-0.1, -0.05) is 0 Å². The maximum Gasteiger partial charge on any atom is 0.490 e. The molecule has 5 nitrogen and oxygen atoms in total. The summed E-state index contributed by atoms with van der Waals surface area (Å²) in [5.74, 6) is -2.09. The Labute approximate surface area is 166 Å². The lowest BCUT2D eigenvalue weighted by molar-refractivity contribution is -0.192. The molecule has 1 unspecified atom stereocenters. The summed E-state index contributed by atoms with van der Waals surface area (Å²) in [6.45, 7) is 7.46. The van der Waals surface area contributed by atoms with Crippen molar-refractivity contribution >= 4 is 17.3 Å². The van der Waals surface area contributed by atoms with Crippen LogP contribution in [0.15, 0.2) is 29.8 Å². The molecule has 1 aliphatic rings. The van der Waals surface area contributed by atoms with Gasteiger partial charge in [0, 0.05) is 56.7 Å². The lowest BCUT2D eigenvalue weighted by Crippen LogP contribution is -2.28. The van der Waals surface area contributed by atoms with Crippen molar-refractivity contribution in [3.63, 3.8) is 0 Å². The Morgan fingerprint density at radius 1 is 1.36 bits per heavy atom. The first kappa shape index (κ1) is 22.4. The Hall–Kier alpha value is -1.84. The Morgan fingerprint density at radius 2 is 2.07 bits per heavy atom. The van der Waals surface area contributed by atoms with Crippen molar-refractivity contribution in [3.05, 3.63) is 45.9 Å². The monoisotopic (exact) mass is 418 g/mol. The van der Waals surface area contributed by atoms with Gasteiger partial charge >= 0.3 is 12.1 Å². The third kappa shape index (κ3) is 6.65. The van der Waals surface area contributed by atoms with Crippen LogP contribution in [-0.2, 0) is 29.2 Å². The minimum absolute atomic E-state index is 0.666. The zero-order valence-corrected chi connectivity index (χ0v) is 16.7. The van der Waals surface area contributed by atoms with E-state index in [1.54, 1.807) is 7.11 Å². The van der Waals surface area contributed by atoms with Gasteiger partial charge in [-0.2, -0.15) is 13.2 Å². The van der Waals surface area contributed by atoms with E-state index in [0.717, 1.165) is 39.2 Å². The van der Waals surface area contributed by atoms with Crippen molar-refractivity contribution in [2.45, 2.75) is 39.2 Å². The van der Waals surface area contributed by atoms with Gasteiger partial charge in [0.15, 0.2) is 0 Å². The molecule has 0 spiro atoms. The highest BCUT2D eigenvalue weighted by atomic mass is 32.1. The number of aliphatic carboxylic acids is 1. The minimum atomic E-state index is -5.08. The molecule has 156 valence electrons. The molecule has 0 saturated heterocycles. The molecule has 1 N–H and O–H groups in total. The standard InChI is InChI=1S/C17H24N2OS.C2HF3O2/c1-14-6-9-21-17(14)13-18-10-15(5-8-20-2)11-19-7-3-4-16(19)12-18;3-2(4,5)1(6)7/h3-4,6-7,9,15H,5,8,10-13H2,1-2H3;(H,6,7). The van der Waals surface area contributed by atoms with Crippen LogP contribution in [0.4, 0.5) is 13.2 Å². The molecule has 9 heteroatoms. The summed E-state index contributed by atoms with van der Waals surface area (Å²) in [7, 11) is 1.80. The average Bonchev–Trinajstić information content (AvgIpc) is 3.18. The molecule has 3 rings (SSSR count). The van der Waals surface area contributed by atoms with Gasteiger partial charge in [-0.05, 0) is 48.4 Å². The molecule has 2 aromatic heterocycles. The van der Waals surface area contributed by atoms with E-state index in [-0.39, 0.29) is 0 Å². The normalized spacial score (nSPS) is 17.4. The first-order valence-corrected chi connectivity index (χ1v) is 9.77. The van der Waals surface area contributed by atoms with Gasteiger partial charge in [-0.25, -0.2) is 4.79 Å². The summed E-state index contributed by atoms with van der Waals surface area (Å²) in [6.07, 6.45) is -1.73. The number of halogens is 3. The number of aryl methyl sites for hydroxylation is 1. The molecule has 3 heterocycles. The van der Waals surface area contributed by atoms with E-state index in [2.05, 4.69) is 46.2 Å². The number of alkyl halides is 3. The second-order valence-electron chi connectivity index (χ2n) is 6.80. The van der Waals surface area contributed by atoms with E-state index in [0.29, 0.717) is 5.92 Å². The molecule has 2 aromatic rings. The number of methoxy groups -OCH3 is 1. The molecule has 0 fully saturated rings. The molecule has 0 aromatic carbocycles. The number of fused-ring (bicyclic) bond motifs is 1. The van der Waals surface area contributed by atoms with Gasteiger partial charge < -0.3 is 14.4 Å². The third-order valence-corrected chi connectivity index (χ3v) is 5.60. The number of carboxylic acids is 1. The number of rotatable bonds is 5. The van der Waals surface area contributed by atoms with E-state index in [1.165, 1.54) is 16.1 Å². The Balaban J connectivity index is 0.000000345. The van der Waals surface area contributed by atoms with Crippen LogP contribution in [0.25, 0.3) is 0 Å². The number of hydrogen-bond acceptors (Lipinski definition) is 4. The van der Waals surface area contributed by atoms with Crippen LogP contribution in [0.5, 0.6) is 0 Å². The largest absolute Gasteiger partial charge is 0.490 e. The van der Waals surface area contributed by atoms with Gasteiger partial charge in [-0.3, -0.25) is 4.90 Å². The fourth-order valence-corrected chi connectivity index (χ4v) is 4.07. The number of carboxylic acid groups (broad SMARTS) is 1. The maximum absolute atomic E-state index is 10.6. The summed E-state index contributed by atoms with van der Waals surface area (Å²) < 4.78 is 39.4. The summed E-state index contributed by atoms with van der Waals surface area (Å²) in [5.41, 5.74) is 2.86. The molecular weight excluding hydrogens is 393 g/mol. The molecular formula is C19H25F3N2O3S. The number of hydrogen-bond donors (Lipinski definition) is 1. The van der Waals surface area contributed by atoms with Gasteiger partial charge in [0.05, 0.1) is 0 Å². The molecule has 0 amide bonds. The lowest BCUT2D eigenvalue weighted by Gasteiger charge is -2.23. The van der Waals surface area contributed by atoms with Gasteiger partial charge in [-0.15, -0.1) is 11.3 Å². The van der Waals surface area contributed by atoms with Crippen molar-refractivity contribution in [3.8, 4) is 0 Å². The van der Waals surface area contributed by atoms with E-state index >= 15 is 0 Å². The predicted octanol–water partition coefficient (Wildman–Crippen LogP) is 4.16. The second kappa shape index (κ2) is 10.1. The smallest absolute Gasteiger partial charge is 0.475 e. The second-order valence-corrected chi connectivity index (χ2v) is 7.80. The van der Waals surface area contributed by atoms with Crippen LogP contribution in [0.3, 0.4) is 0 Å². The first-order chi connectivity index (χ1) is 13.2. The highest BCUT2D eigenvalue weighted by molar-refractivity contribution is 7.10. The summed E-state index contributed by atoms with van der Waals surface area (Å²) in [4.78, 5) is 13.0. The van der Waals surface area contributed by atoms with Crippen LogP contribution in [0, 0.1) is 12.8 Å². The number of carbonyl (C=O) groups is 1. The van der Waals surface area contributed by atoms with Gasteiger partial charge in [0.2, 0.25) is 0 Å². The summed E-state index contributed by atoms with van der Waals surface area (Å²) >= 11 is 1.88. The maximum atomic E-state index is 10.6. The summed E-state index contributed by atoms with van der Waals surface area (Å²) in [6, 6.07) is 6.65. The molecule has 1 aliphatic heterocycles. The van der Waals surface area contributed by atoms with E-state index in [1.807, 2.05) is 11.3 Å². The quantitative estimate of drug-likeness (QED) is 0.792. The molecule has 0 saturated carbocycles. The van der Waals surface area contributed by atoms with Crippen molar-refractivity contribution in [2.24, 2.45) is 5.92 Å². The first-order valence-electron chi connectivity index (χ1n) is 8.89. The van der Waals surface area contributed by atoms with E-state index in [9.17, 15) is 13.2 Å². The third-order valence-electron chi connectivity index (χ3n) is 4.59. The van der Waals surface area contributed by atoms with Crippen molar-refractivity contribution in [1.82, 2.24) is 9.47 Å². The molecule has 0 bridgehead atoms. The summed E-state index contributed by atoms with van der Waals surface area (Å²) in [5, 5.41) is 9.33. The fraction of sp³-hybridized carbons (Fsp3) is 0.526. The molecule has 28 heavy (non-hydrogen) atoms. The SMILES string of the molecule is COCCC1CN(Cc2sccc2C)Cc2cccn2C1.O=C(O)C(F)(F)F. The topological polar surface area (TPSA) is 54.7 Å². The highest BCUT2D eigenvalue weighted by Crippen LogP contribution is 2.24. The van der Waals surface area contributed by atoms with Crippen molar-refractivity contribution in [1.29, 1.82) is 0 Å². The lowest BCUT2D eigenvalue weighted by atomic mass is 10.1. The average molecular weight is 418 g/mol. The Morgan fingerprint density at radius 3 is 2.64 bits per heavy atom. The highest BCUT2D eigenvalue weighted by Gasteiger charge is 2.38. The predicted molar refractivity (Wildman–Crippen MR) is 101 cm³/mol. The van der Waals surface area contributed by atoms with Crippen molar-refractivity contribution < 1.29 is 27.8 Å². The zero-order chi connectivity index (χ0) is 20.7. The molecule has 0 radical (unpaired) electrons. The fourth-order valence-electron chi connectivity index (χ4n) is 3.12.